The molecule has 3 amide bonds. The van der Waals surface area contributed by atoms with Crippen LogP contribution in [-0.2, 0) is 17.8 Å². The topological polar surface area (TPSA) is 96.3 Å². The molecular weight excluding hydrogens is 430 g/mol. The van der Waals surface area contributed by atoms with Crippen LogP contribution in [0.25, 0.3) is 0 Å². The molecule has 0 unspecified atom stereocenters. The number of unbranched alkanes of at least 4 members (excludes halogenated alkanes) is 1. The average molecular weight is 466 g/mol. The summed E-state index contributed by atoms with van der Waals surface area (Å²) in [6.07, 6.45) is 6.75. The summed E-state index contributed by atoms with van der Waals surface area (Å²) in [5.41, 5.74) is 1.26. The van der Waals surface area contributed by atoms with E-state index < -0.39 is 5.54 Å². The van der Waals surface area contributed by atoms with Crippen molar-refractivity contribution in [1.29, 1.82) is 0 Å². The molecule has 2 aromatic rings. The molecule has 2 aliphatic rings. The standard InChI is InChI=1S/C26H35N5O3/c1-4-6-14-30-24(33)22-16-21(23(32)27-20-13-9-10-18(5-2)15-20)29-31(22)17-26(30,3)25(34)28-19-11-7-8-12-19/h9-10,13,15-16,19H,4-8,11-12,14,17H2,1-3H3,(H,27,32)(H,28,34)/t26-/m1/s1. The average Bonchev–Trinajstić information content (AvgIpc) is 3.49. The van der Waals surface area contributed by atoms with E-state index in [0.29, 0.717) is 17.9 Å². The van der Waals surface area contributed by atoms with Crippen LogP contribution in [0.3, 0.4) is 0 Å². The van der Waals surface area contributed by atoms with Gasteiger partial charge >= 0.3 is 0 Å². The lowest BCUT2D eigenvalue weighted by Gasteiger charge is -2.43. The molecule has 4 rings (SSSR count). The summed E-state index contributed by atoms with van der Waals surface area (Å²) in [7, 11) is 0. The molecule has 1 atom stereocenters. The number of carbonyl (C=O) groups excluding carboxylic acids is 3. The first-order valence-electron chi connectivity index (χ1n) is 12.5. The second-order valence-corrected chi connectivity index (χ2v) is 9.62. The van der Waals surface area contributed by atoms with Gasteiger partial charge in [-0.05, 0) is 50.3 Å². The van der Waals surface area contributed by atoms with E-state index in [4.69, 9.17) is 0 Å². The van der Waals surface area contributed by atoms with Gasteiger partial charge in [0.2, 0.25) is 5.91 Å². The zero-order valence-electron chi connectivity index (χ0n) is 20.4. The SMILES string of the molecule is CCCCN1C(=O)c2cc(C(=O)Nc3cccc(CC)c3)nn2C[C@]1(C)C(=O)NC1CCCC1. The van der Waals surface area contributed by atoms with E-state index in [0.717, 1.165) is 50.5 Å². The second-order valence-electron chi connectivity index (χ2n) is 9.62. The Hall–Kier alpha value is -3.16. The predicted molar refractivity (Wildman–Crippen MR) is 131 cm³/mol. The van der Waals surface area contributed by atoms with Crippen LogP contribution < -0.4 is 10.6 Å². The Morgan fingerprint density at radius 1 is 1.18 bits per heavy atom. The van der Waals surface area contributed by atoms with Crippen molar-refractivity contribution in [2.24, 2.45) is 0 Å². The molecule has 8 heteroatoms. The zero-order chi connectivity index (χ0) is 24.3. The molecule has 0 saturated heterocycles. The van der Waals surface area contributed by atoms with Crippen molar-refractivity contribution in [2.75, 3.05) is 11.9 Å². The predicted octanol–water partition coefficient (Wildman–Crippen LogP) is 3.77. The Labute approximate surface area is 201 Å². The number of hydrogen-bond acceptors (Lipinski definition) is 4. The molecule has 1 aliphatic carbocycles. The number of rotatable bonds is 8. The highest BCUT2D eigenvalue weighted by Gasteiger charge is 2.48. The lowest BCUT2D eigenvalue weighted by Crippen LogP contribution is -2.65. The maximum atomic E-state index is 13.5. The highest BCUT2D eigenvalue weighted by molar-refractivity contribution is 6.06. The first-order valence-corrected chi connectivity index (χ1v) is 12.5. The van der Waals surface area contributed by atoms with Crippen LogP contribution in [0.5, 0.6) is 0 Å². The molecule has 0 bridgehead atoms. The first-order chi connectivity index (χ1) is 16.4. The van der Waals surface area contributed by atoms with Crippen molar-refractivity contribution in [1.82, 2.24) is 20.0 Å². The minimum atomic E-state index is -1.06. The summed E-state index contributed by atoms with van der Waals surface area (Å²) >= 11 is 0. The molecule has 1 aliphatic heterocycles. The van der Waals surface area contributed by atoms with Gasteiger partial charge in [-0.1, -0.05) is 45.2 Å². The van der Waals surface area contributed by atoms with Crippen LogP contribution in [0.15, 0.2) is 30.3 Å². The fraction of sp³-hybridized carbons (Fsp3) is 0.538. The highest BCUT2D eigenvalue weighted by atomic mass is 16.2. The van der Waals surface area contributed by atoms with E-state index in [1.54, 1.807) is 4.90 Å². The minimum Gasteiger partial charge on any atom is -0.351 e. The third-order valence-electron chi connectivity index (χ3n) is 7.04. The molecule has 182 valence electrons. The number of carbonyl (C=O) groups is 3. The van der Waals surface area contributed by atoms with Gasteiger partial charge in [-0.25, -0.2) is 0 Å². The molecular formula is C26H35N5O3. The van der Waals surface area contributed by atoms with E-state index >= 15 is 0 Å². The van der Waals surface area contributed by atoms with Crippen molar-refractivity contribution in [3.8, 4) is 0 Å². The van der Waals surface area contributed by atoms with Gasteiger partial charge in [0.05, 0.1) is 6.54 Å². The van der Waals surface area contributed by atoms with Crippen LogP contribution in [-0.4, -0.2) is 50.5 Å². The normalized spacial score (nSPS) is 20.3. The molecule has 2 N–H and O–H groups in total. The third kappa shape index (κ3) is 4.72. The van der Waals surface area contributed by atoms with E-state index in [1.807, 2.05) is 31.2 Å². The number of benzene rings is 1. The maximum absolute atomic E-state index is 13.5. The molecule has 34 heavy (non-hydrogen) atoms. The monoisotopic (exact) mass is 465 g/mol. The number of nitrogens with one attached hydrogen (secondary N) is 2. The Balaban J connectivity index is 1.59. The van der Waals surface area contributed by atoms with Gasteiger partial charge in [0.15, 0.2) is 5.69 Å². The summed E-state index contributed by atoms with van der Waals surface area (Å²) in [6.45, 7) is 6.63. The number of hydrogen-bond donors (Lipinski definition) is 2. The third-order valence-corrected chi connectivity index (χ3v) is 7.04. The lowest BCUT2D eigenvalue weighted by molar-refractivity contribution is -0.133. The van der Waals surface area contributed by atoms with Crippen molar-refractivity contribution in [2.45, 2.75) is 83.8 Å². The number of anilines is 1. The molecule has 1 aromatic carbocycles. The van der Waals surface area contributed by atoms with Crippen LogP contribution in [0.2, 0.25) is 0 Å². The van der Waals surface area contributed by atoms with Gasteiger partial charge in [-0.3, -0.25) is 19.1 Å². The fourth-order valence-corrected chi connectivity index (χ4v) is 4.89. The first kappa shape index (κ1) is 24.0. The second kappa shape index (κ2) is 9.99. The molecule has 1 aromatic heterocycles. The minimum absolute atomic E-state index is 0.146. The van der Waals surface area contributed by atoms with E-state index in [-0.39, 0.29) is 36.0 Å². The Morgan fingerprint density at radius 2 is 1.94 bits per heavy atom. The van der Waals surface area contributed by atoms with Crippen molar-refractivity contribution < 1.29 is 14.4 Å². The van der Waals surface area contributed by atoms with Gasteiger partial charge in [-0.2, -0.15) is 5.10 Å². The summed E-state index contributed by atoms with van der Waals surface area (Å²) in [5.74, 6) is -0.782. The van der Waals surface area contributed by atoms with Crippen LogP contribution in [0, 0.1) is 0 Å². The van der Waals surface area contributed by atoms with Gasteiger partial charge in [0.1, 0.15) is 11.2 Å². The molecule has 2 heterocycles. The smallest absolute Gasteiger partial charge is 0.276 e. The molecule has 0 radical (unpaired) electrons. The van der Waals surface area contributed by atoms with E-state index in [9.17, 15) is 14.4 Å². The Bertz CT molecular complexity index is 1070. The molecule has 0 spiro atoms. The molecule has 8 nitrogen and oxygen atoms in total. The number of nitrogens with zero attached hydrogens (tertiary/aromatic N) is 3. The van der Waals surface area contributed by atoms with E-state index in [2.05, 4.69) is 29.6 Å². The Kier molecular flexibility index (Phi) is 7.05. The summed E-state index contributed by atoms with van der Waals surface area (Å²) in [5, 5.41) is 10.5. The van der Waals surface area contributed by atoms with Gasteiger partial charge in [0, 0.05) is 24.3 Å². The molecule has 1 saturated carbocycles. The lowest BCUT2D eigenvalue weighted by atomic mass is 9.94. The summed E-state index contributed by atoms with van der Waals surface area (Å²) < 4.78 is 1.52. The Morgan fingerprint density at radius 3 is 2.65 bits per heavy atom. The van der Waals surface area contributed by atoms with Gasteiger partial charge in [0.25, 0.3) is 11.8 Å². The van der Waals surface area contributed by atoms with Gasteiger partial charge in [-0.15, -0.1) is 0 Å². The molecule has 1 fully saturated rings. The zero-order valence-corrected chi connectivity index (χ0v) is 20.4. The fourth-order valence-electron chi connectivity index (χ4n) is 4.89. The number of fused-ring (bicyclic) bond motifs is 1. The quantitative estimate of drug-likeness (QED) is 0.620. The van der Waals surface area contributed by atoms with Crippen LogP contribution in [0.4, 0.5) is 5.69 Å². The van der Waals surface area contributed by atoms with Crippen LogP contribution >= 0.6 is 0 Å². The van der Waals surface area contributed by atoms with Crippen molar-refractivity contribution in [3.63, 3.8) is 0 Å². The van der Waals surface area contributed by atoms with Crippen LogP contribution in [0.1, 0.15) is 85.8 Å². The van der Waals surface area contributed by atoms with Crippen molar-refractivity contribution in [3.05, 3.63) is 47.3 Å². The van der Waals surface area contributed by atoms with Crippen molar-refractivity contribution >= 4 is 23.4 Å². The summed E-state index contributed by atoms with van der Waals surface area (Å²) in [4.78, 5) is 41.5. The largest absolute Gasteiger partial charge is 0.351 e. The number of amides is 3. The number of aromatic nitrogens is 2. The maximum Gasteiger partial charge on any atom is 0.276 e. The van der Waals surface area contributed by atoms with E-state index in [1.165, 1.54) is 10.7 Å². The number of aryl methyl sites for hydroxylation is 1. The van der Waals surface area contributed by atoms with Gasteiger partial charge < -0.3 is 15.5 Å². The highest BCUT2D eigenvalue weighted by Crippen LogP contribution is 2.29. The summed E-state index contributed by atoms with van der Waals surface area (Å²) in [6, 6.07) is 9.36.